The first kappa shape index (κ1) is 10.5. The minimum Gasteiger partial charge on any atom is -0.258 e. The van der Waals surface area contributed by atoms with E-state index in [-0.39, 0.29) is 0 Å². The SMILES string of the molecule is Cc1ccc2c(c1)-c1c(C)c(C)nc(C)c1C2. The zero-order chi connectivity index (χ0) is 12.2. The summed E-state index contributed by atoms with van der Waals surface area (Å²) in [7, 11) is 0. The van der Waals surface area contributed by atoms with Crippen LogP contribution in [0.3, 0.4) is 0 Å². The Kier molecular flexibility index (Phi) is 2.12. The van der Waals surface area contributed by atoms with Crippen LogP contribution in [-0.2, 0) is 6.42 Å². The van der Waals surface area contributed by atoms with Crippen LogP contribution < -0.4 is 0 Å². The lowest BCUT2D eigenvalue weighted by Gasteiger charge is -2.11. The Morgan fingerprint density at radius 1 is 1.00 bits per heavy atom. The molecule has 1 heterocycles. The van der Waals surface area contributed by atoms with Crippen molar-refractivity contribution in [3.05, 3.63) is 51.8 Å². The van der Waals surface area contributed by atoms with E-state index in [2.05, 4.69) is 50.9 Å². The van der Waals surface area contributed by atoms with E-state index in [0.717, 1.165) is 12.1 Å². The van der Waals surface area contributed by atoms with Crippen LogP contribution in [0, 0.1) is 27.7 Å². The summed E-state index contributed by atoms with van der Waals surface area (Å²) in [5.41, 5.74) is 10.8. The summed E-state index contributed by atoms with van der Waals surface area (Å²) < 4.78 is 0. The van der Waals surface area contributed by atoms with Crippen molar-refractivity contribution in [1.29, 1.82) is 0 Å². The molecule has 0 fully saturated rings. The van der Waals surface area contributed by atoms with Crippen molar-refractivity contribution in [2.75, 3.05) is 0 Å². The first-order valence-electron chi connectivity index (χ1n) is 6.14. The van der Waals surface area contributed by atoms with E-state index in [4.69, 9.17) is 0 Å². The van der Waals surface area contributed by atoms with Crippen molar-refractivity contribution >= 4 is 0 Å². The third kappa shape index (κ3) is 1.42. The molecule has 1 aromatic heterocycles. The fourth-order valence-corrected chi connectivity index (χ4v) is 2.84. The van der Waals surface area contributed by atoms with Gasteiger partial charge in [0.2, 0.25) is 0 Å². The Morgan fingerprint density at radius 3 is 2.53 bits per heavy atom. The summed E-state index contributed by atoms with van der Waals surface area (Å²) in [5, 5.41) is 0. The van der Waals surface area contributed by atoms with E-state index in [0.29, 0.717) is 0 Å². The standard InChI is InChI=1S/C16H17N/c1-9-5-6-13-8-14-12(4)17-11(3)10(2)16(14)15(13)7-9/h5-7H,8H2,1-4H3. The van der Waals surface area contributed by atoms with E-state index in [1.165, 1.54) is 39.1 Å². The van der Waals surface area contributed by atoms with Crippen molar-refractivity contribution in [2.24, 2.45) is 0 Å². The van der Waals surface area contributed by atoms with Crippen molar-refractivity contribution in [3.63, 3.8) is 0 Å². The Labute approximate surface area is 103 Å². The van der Waals surface area contributed by atoms with Crippen molar-refractivity contribution in [2.45, 2.75) is 34.1 Å². The van der Waals surface area contributed by atoms with Gasteiger partial charge in [-0.3, -0.25) is 4.98 Å². The second-order valence-electron chi connectivity index (χ2n) is 5.10. The van der Waals surface area contributed by atoms with Gasteiger partial charge in [-0.2, -0.15) is 0 Å². The molecular weight excluding hydrogens is 206 g/mol. The molecule has 1 nitrogen and oxygen atoms in total. The highest BCUT2D eigenvalue weighted by Gasteiger charge is 2.23. The number of benzene rings is 1. The number of hydrogen-bond acceptors (Lipinski definition) is 1. The largest absolute Gasteiger partial charge is 0.258 e. The lowest BCUT2D eigenvalue weighted by atomic mass is 9.98. The van der Waals surface area contributed by atoms with E-state index < -0.39 is 0 Å². The zero-order valence-corrected chi connectivity index (χ0v) is 10.9. The Hall–Kier alpha value is -1.63. The predicted molar refractivity (Wildman–Crippen MR) is 71.4 cm³/mol. The lowest BCUT2D eigenvalue weighted by molar-refractivity contribution is 1.05. The van der Waals surface area contributed by atoms with Crippen LogP contribution in [-0.4, -0.2) is 4.98 Å². The quantitative estimate of drug-likeness (QED) is 0.563. The number of hydrogen-bond donors (Lipinski definition) is 0. The smallest absolute Gasteiger partial charge is 0.0417 e. The summed E-state index contributed by atoms with van der Waals surface area (Å²) in [4.78, 5) is 4.65. The lowest BCUT2D eigenvalue weighted by Crippen LogP contribution is -1.97. The fraction of sp³-hybridized carbons (Fsp3) is 0.312. The van der Waals surface area contributed by atoms with E-state index in [9.17, 15) is 0 Å². The maximum absolute atomic E-state index is 4.65. The van der Waals surface area contributed by atoms with Crippen LogP contribution in [0.5, 0.6) is 0 Å². The van der Waals surface area contributed by atoms with Gasteiger partial charge < -0.3 is 0 Å². The number of aromatic nitrogens is 1. The van der Waals surface area contributed by atoms with Crippen molar-refractivity contribution in [3.8, 4) is 11.1 Å². The molecule has 17 heavy (non-hydrogen) atoms. The van der Waals surface area contributed by atoms with Gasteiger partial charge >= 0.3 is 0 Å². The van der Waals surface area contributed by atoms with Crippen LogP contribution in [0.1, 0.15) is 33.6 Å². The molecule has 0 saturated heterocycles. The molecule has 2 aromatic rings. The zero-order valence-electron chi connectivity index (χ0n) is 10.9. The monoisotopic (exact) mass is 223 g/mol. The average molecular weight is 223 g/mol. The molecule has 0 saturated carbocycles. The molecule has 1 aliphatic carbocycles. The maximum atomic E-state index is 4.65. The molecule has 0 aliphatic heterocycles. The molecule has 1 aromatic carbocycles. The predicted octanol–water partition coefficient (Wildman–Crippen LogP) is 3.89. The van der Waals surface area contributed by atoms with Crippen LogP contribution >= 0.6 is 0 Å². The molecule has 3 rings (SSSR count). The van der Waals surface area contributed by atoms with Gasteiger partial charge in [-0.25, -0.2) is 0 Å². The number of pyridine rings is 1. The fourth-order valence-electron chi connectivity index (χ4n) is 2.84. The summed E-state index contributed by atoms with van der Waals surface area (Å²) in [6, 6.07) is 6.78. The topological polar surface area (TPSA) is 12.9 Å². The number of rotatable bonds is 0. The molecule has 0 bridgehead atoms. The molecular formula is C16H17N. The molecule has 1 aliphatic rings. The van der Waals surface area contributed by atoms with Gasteiger partial charge in [0.15, 0.2) is 0 Å². The minimum atomic E-state index is 1.05. The summed E-state index contributed by atoms with van der Waals surface area (Å²) in [6.45, 7) is 8.59. The van der Waals surface area contributed by atoms with Gasteiger partial charge in [0, 0.05) is 17.8 Å². The first-order valence-corrected chi connectivity index (χ1v) is 6.14. The molecule has 86 valence electrons. The molecule has 0 amide bonds. The molecule has 1 heteroatoms. The van der Waals surface area contributed by atoms with E-state index in [1.807, 2.05) is 0 Å². The highest BCUT2D eigenvalue weighted by molar-refractivity contribution is 5.80. The summed E-state index contributed by atoms with van der Waals surface area (Å²) in [5.74, 6) is 0. The molecule has 0 spiro atoms. The average Bonchev–Trinajstić information content (AvgIpc) is 2.65. The Morgan fingerprint density at radius 2 is 1.76 bits per heavy atom. The third-order valence-corrected chi connectivity index (χ3v) is 3.89. The van der Waals surface area contributed by atoms with Gasteiger partial charge in [0.25, 0.3) is 0 Å². The van der Waals surface area contributed by atoms with Crippen molar-refractivity contribution in [1.82, 2.24) is 4.98 Å². The molecule has 0 atom stereocenters. The van der Waals surface area contributed by atoms with Crippen LogP contribution in [0.15, 0.2) is 18.2 Å². The Balaban J connectivity index is 2.38. The Bertz CT molecular complexity index is 624. The first-order chi connectivity index (χ1) is 8.08. The van der Waals surface area contributed by atoms with Crippen LogP contribution in [0.4, 0.5) is 0 Å². The summed E-state index contributed by atoms with van der Waals surface area (Å²) in [6.07, 6.45) is 1.05. The second-order valence-corrected chi connectivity index (χ2v) is 5.10. The van der Waals surface area contributed by atoms with E-state index >= 15 is 0 Å². The number of nitrogens with zero attached hydrogens (tertiary/aromatic N) is 1. The van der Waals surface area contributed by atoms with Gasteiger partial charge in [0.05, 0.1) is 0 Å². The highest BCUT2D eigenvalue weighted by Crippen LogP contribution is 2.40. The van der Waals surface area contributed by atoms with Crippen LogP contribution in [0.2, 0.25) is 0 Å². The van der Waals surface area contributed by atoms with Crippen molar-refractivity contribution < 1.29 is 0 Å². The van der Waals surface area contributed by atoms with Crippen LogP contribution in [0.25, 0.3) is 11.1 Å². The second kappa shape index (κ2) is 3.43. The number of aryl methyl sites for hydroxylation is 3. The van der Waals surface area contributed by atoms with Gasteiger partial charge in [0.1, 0.15) is 0 Å². The molecule has 0 radical (unpaired) electrons. The van der Waals surface area contributed by atoms with Gasteiger partial charge in [-0.1, -0.05) is 23.8 Å². The third-order valence-electron chi connectivity index (χ3n) is 3.89. The molecule has 0 unspecified atom stereocenters. The van der Waals surface area contributed by atoms with Gasteiger partial charge in [-0.15, -0.1) is 0 Å². The normalized spacial score (nSPS) is 12.5. The van der Waals surface area contributed by atoms with Gasteiger partial charge in [-0.05, 0) is 55.5 Å². The molecule has 0 N–H and O–H groups in total. The van der Waals surface area contributed by atoms with E-state index in [1.54, 1.807) is 0 Å². The maximum Gasteiger partial charge on any atom is 0.0417 e. The summed E-state index contributed by atoms with van der Waals surface area (Å²) >= 11 is 0. The highest BCUT2D eigenvalue weighted by atomic mass is 14.7. The minimum absolute atomic E-state index is 1.05. The number of fused-ring (bicyclic) bond motifs is 3.